The number of nitro groups is 1. The highest BCUT2D eigenvalue weighted by Gasteiger charge is 2.13. The van der Waals surface area contributed by atoms with E-state index in [0.717, 1.165) is 4.73 Å². The Balaban J connectivity index is 1.75. The first-order valence-corrected chi connectivity index (χ1v) is 7.99. The molecule has 0 aliphatic carbocycles. The van der Waals surface area contributed by atoms with Gasteiger partial charge in [-0.3, -0.25) is 19.7 Å². The summed E-state index contributed by atoms with van der Waals surface area (Å²) in [6.45, 7) is -0.0641. The normalized spacial score (nSPS) is 10.2. The number of non-ortho nitro benzene ring substituents is 1. The van der Waals surface area contributed by atoms with Crippen LogP contribution in [0.2, 0.25) is 0 Å². The van der Waals surface area contributed by atoms with Gasteiger partial charge in [0, 0.05) is 24.0 Å². The van der Waals surface area contributed by atoms with E-state index in [9.17, 15) is 19.7 Å². The van der Waals surface area contributed by atoms with Crippen molar-refractivity contribution in [1.29, 1.82) is 0 Å². The van der Waals surface area contributed by atoms with Gasteiger partial charge in [-0.05, 0) is 29.8 Å². The lowest BCUT2D eigenvalue weighted by Crippen LogP contribution is -2.32. The van der Waals surface area contributed by atoms with Crippen LogP contribution in [-0.2, 0) is 6.61 Å². The van der Waals surface area contributed by atoms with Gasteiger partial charge >= 0.3 is 0 Å². The topological polar surface area (TPSA) is 103 Å². The lowest BCUT2D eigenvalue weighted by molar-refractivity contribution is -0.384. The second-order valence-corrected chi connectivity index (χ2v) is 5.57. The maximum Gasteiger partial charge on any atom is 0.295 e. The summed E-state index contributed by atoms with van der Waals surface area (Å²) >= 11 is 0. The molecule has 0 unspecified atom stereocenters. The number of anilines is 1. The first kappa shape index (κ1) is 17.9. The Kier molecular flexibility index (Phi) is 5.27. The summed E-state index contributed by atoms with van der Waals surface area (Å²) in [7, 11) is 0. The summed E-state index contributed by atoms with van der Waals surface area (Å²) in [6, 6.07) is 17.6. The number of hydrogen-bond acceptors (Lipinski definition) is 5. The molecule has 0 aliphatic heterocycles. The molecule has 1 aromatic heterocycles. The Morgan fingerprint density at radius 3 is 2.59 bits per heavy atom. The first-order chi connectivity index (χ1) is 13.0. The largest absolute Gasteiger partial charge is 0.406 e. The first-order valence-electron chi connectivity index (χ1n) is 7.99. The number of carbonyl (C=O) groups excluding carboxylic acids is 1. The number of amides is 1. The van der Waals surface area contributed by atoms with E-state index in [0.29, 0.717) is 11.3 Å². The number of rotatable bonds is 6. The van der Waals surface area contributed by atoms with E-state index in [1.54, 1.807) is 30.3 Å². The lowest BCUT2D eigenvalue weighted by atomic mass is 10.2. The Hall–Kier alpha value is -3.94. The fourth-order valence-corrected chi connectivity index (χ4v) is 2.37. The van der Waals surface area contributed by atoms with Crippen molar-refractivity contribution in [1.82, 2.24) is 4.73 Å². The van der Waals surface area contributed by atoms with Crippen LogP contribution in [0.25, 0.3) is 0 Å². The van der Waals surface area contributed by atoms with Crippen LogP contribution in [0.5, 0.6) is 0 Å². The third kappa shape index (κ3) is 4.37. The van der Waals surface area contributed by atoms with Crippen LogP contribution < -0.4 is 15.7 Å². The van der Waals surface area contributed by atoms with Gasteiger partial charge in [-0.2, -0.15) is 4.73 Å². The quantitative estimate of drug-likeness (QED) is 0.534. The molecule has 3 aromatic rings. The van der Waals surface area contributed by atoms with Gasteiger partial charge in [0.1, 0.15) is 12.2 Å². The van der Waals surface area contributed by atoms with Crippen LogP contribution >= 0.6 is 0 Å². The molecule has 0 saturated heterocycles. The number of carbonyl (C=O) groups is 1. The molecule has 0 spiro atoms. The highest BCUT2D eigenvalue weighted by Crippen LogP contribution is 2.13. The van der Waals surface area contributed by atoms with Gasteiger partial charge in [-0.25, -0.2) is 0 Å². The summed E-state index contributed by atoms with van der Waals surface area (Å²) in [4.78, 5) is 40.5. The molecule has 1 heterocycles. The molecule has 2 aromatic carbocycles. The summed E-state index contributed by atoms with van der Waals surface area (Å²) < 4.78 is 0.929. The zero-order valence-electron chi connectivity index (χ0n) is 14.1. The van der Waals surface area contributed by atoms with Crippen LogP contribution in [0.3, 0.4) is 0 Å². The number of benzene rings is 2. The number of nitrogens with one attached hydrogen (secondary N) is 1. The zero-order valence-corrected chi connectivity index (χ0v) is 14.1. The number of para-hydroxylation sites is 1. The smallest absolute Gasteiger partial charge is 0.295 e. The van der Waals surface area contributed by atoms with E-state index in [1.807, 2.05) is 6.07 Å². The lowest BCUT2D eigenvalue weighted by Gasteiger charge is -2.10. The summed E-state index contributed by atoms with van der Waals surface area (Å²) in [5.41, 5.74) is 0.307. The van der Waals surface area contributed by atoms with Crippen LogP contribution in [0.4, 0.5) is 11.4 Å². The van der Waals surface area contributed by atoms with E-state index in [4.69, 9.17) is 4.84 Å². The summed E-state index contributed by atoms with van der Waals surface area (Å²) in [5, 5.41) is 13.5. The molecule has 27 heavy (non-hydrogen) atoms. The van der Waals surface area contributed by atoms with Gasteiger partial charge in [0.2, 0.25) is 0 Å². The fourth-order valence-electron chi connectivity index (χ4n) is 2.37. The molecule has 0 bridgehead atoms. The van der Waals surface area contributed by atoms with E-state index >= 15 is 0 Å². The highest BCUT2D eigenvalue weighted by molar-refractivity contribution is 6.03. The van der Waals surface area contributed by atoms with Gasteiger partial charge in [-0.1, -0.05) is 30.3 Å². The predicted molar refractivity (Wildman–Crippen MR) is 98.5 cm³/mol. The minimum atomic E-state index is -0.628. The van der Waals surface area contributed by atoms with Crippen LogP contribution in [0, 0.1) is 10.1 Å². The molecule has 0 atom stereocenters. The van der Waals surface area contributed by atoms with Crippen molar-refractivity contribution in [2.75, 3.05) is 5.32 Å². The van der Waals surface area contributed by atoms with Gasteiger partial charge in [0.05, 0.1) is 4.92 Å². The molecule has 1 N–H and O–H groups in total. The molecular weight excluding hydrogens is 350 g/mol. The predicted octanol–water partition coefficient (Wildman–Crippen LogP) is 2.64. The van der Waals surface area contributed by atoms with E-state index in [1.165, 1.54) is 36.5 Å². The molecule has 3 rings (SSSR count). The Morgan fingerprint density at radius 1 is 1.07 bits per heavy atom. The molecule has 1 amide bonds. The minimum absolute atomic E-state index is 0.0641. The SMILES string of the molecule is O=C(Nc1ccccc1)c1cccn(OCc2cccc([N+](=O)[O-])c2)c1=O. The summed E-state index contributed by atoms with van der Waals surface area (Å²) in [5.74, 6) is -0.556. The fraction of sp³-hybridized carbons (Fsp3) is 0.0526. The molecule has 8 nitrogen and oxygen atoms in total. The van der Waals surface area contributed by atoms with Crippen molar-refractivity contribution < 1.29 is 14.6 Å². The number of nitrogens with zero attached hydrogens (tertiary/aromatic N) is 2. The van der Waals surface area contributed by atoms with E-state index < -0.39 is 16.4 Å². The standard InChI is InChI=1S/C19H15N3O5/c23-18(20-15-7-2-1-3-8-15)17-10-5-11-21(19(17)24)27-13-14-6-4-9-16(12-14)22(25)26/h1-12H,13H2,(H,20,23). The molecule has 8 heteroatoms. The van der Waals surface area contributed by atoms with Crippen molar-refractivity contribution in [3.63, 3.8) is 0 Å². The molecule has 0 saturated carbocycles. The second-order valence-electron chi connectivity index (χ2n) is 5.57. The maximum atomic E-state index is 12.5. The Morgan fingerprint density at radius 2 is 1.85 bits per heavy atom. The highest BCUT2D eigenvalue weighted by atomic mass is 16.7. The maximum absolute atomic E-state index is 12.5. The van der Waals surface area contributed by atoms with Crippen molar-refractivity contribution in [2.45, 2.75) is 6.61 Å². The Labute approximate surface area is 153 Å². The molecule has 136 valence electrons. The monoisotopic (exact) mass is 365 g/mol. The van der Waals surface area contributed by atoms with Crippen LogP contribution in [0.1, 0.15) is 15.9 Å². The third-order valence-corrected chi connectivity index (χ3v) is 3.68. The minimum Gasteiger partial charge on any atom is -0.406 e. The van der Waals surface area contributed by atoms with Gasteiger partial charge in [0.15, 0.2) is 0 Å². The molecule has 0 fully saturated rings. The molecule has 0 radical (unpaired) electrons. The summed E-state index contributed by atoms with van der Waals surface area (Å²) in [6.07, 6.45) is 1.37. The van der Waals surface area contributed by atoms with Crippen molar-refractivity contribution in [3.8, 4) is 0 Å². The molecular formula is C19H15N3O5. The average Bonchev–Trinajstić information content (AvgIpc) is 2.68. The van der Waals surface area contributed by atoms with Gasteiger partial charge < -0.3 is 10.2 Å². The average molecular weight is 365 g/mol. The molecule has 0 aliphatic rings. The zero-order chi connectivity index (χ0) is 19.2. The number of pyridine rings is 1. The van der Waals surface area contributed by atoms with E-state index in [-0.39, 0.29) is 17.9 Å². The van der Waals surface area contributed by atoms with Crippen molar-refractivity contribution in [3.05, 3.63) is 105 Å². The Bertz CT molecular complexity index is 1030. The van der Waals surface area contributed by atoms with Gasteiger partial charge in [0.25, 0.3) is 17.2 Å². The third-order valence-electron chi connectivity index (χ3n) is 3.68. The van der Waals surface area contributed by atoms with Crippen molar-refractivity contribution >= 4 is 17.3 Å². The van der Waals surface area contributed by atoms with Crippen LogP contribution in [0.15, 0.2) is 77.7 Å². The number of aromatic nitrogens is 1. The number of nitro benzene ring substituents is 1. The van der Waals surface area contributed by atoms with Crippen LogP contribution in [-0.4, -0.2) is 15.6 Å². The van der Waals surface area contributed by atoms with E-state index in [2.05, 4.69) is 5.32 Å². The van der Waals surface area contributed by atoms with Crippen molar-refractivity contribution in [2.24, 2.45) is 0 Å². The van der Waals surface area contributed by atoms with Gasteiger partial charge in [-0.15, -0.1) is 0 Å². The second kappa shape index (κ2) is 7.96. The number of hydrogen-bond donors (Lipinski definition) is 1.